The minimum Gasteiger partial charge on any atom is -0.383 e. The van der Waals surface area contributed by atoms with Crippen molar-refractivity contribution in [3.63, 3.8) is 0 Å². The number of alkyl halides is 3. The summed E-state index contributed by atoms with van der Waals surface area (Å²) in [7, 11) is 0. The molecule has 38 heavy (non-hydrogen) atoms. The Labute approximate surface area is 217 Å². The third-order valence-corrected chi connectivity index (χ3v) is 6.47. The van der Waals surface area contributed by atoms with E-state index in [9.17, 15) is 22.8 Å². The number of likely N-dealkylation sites (tertiary alicyclic amines) is 1. The second kappa shape index (κ2) is 10.6. The second-order valence-corrected chi connectivity index (χ2v) is 9.30. The van der Waals surface area contributed by atoms with Crippen LogP contribution in [0.25, 0.3) is 11.3 Å². The van der Waals surface area contributed by atoms with Gasteiger partial charge in [-0.1, -0.05) is 17.6 Å². The summed E-state index contributed by atoms with van der Waals surface area (Å²) in [5, 5.41) is 8.87. The highest BCUT2D eigenvalue weighted by Crippen LogP contribution is 2.33. The van der Waals surface area contributed by atoms with Crippen molar-refractivity contribution in [2.24, 2.45) is 5.73 Å². The first-order valence-electron chi connectivity index (χ1n) is 12.1. The van der Waals surface area contributed by atoms with Gasteiger partial charge in [0.2, 0.25) is 0 Å². The molecule has 2 aromatic heterocycles. The van der Waals surface area contributed by atoms with Crippen molar-refractivity contribution in [1.29, 1.82) is 0 Å². The Morgan fingerprint density at radius 3 is 2.63 bits per heavy atom. The van der Waals surface area contributed by atoms with Crippen molar-refractivity contribution < 1.29 is 22.8 Å². The van der Waals surface area contributed by atoms with Crippen LogP contribution in [-0.4, -0.2) is 49.4 Å². The van der Waals surface area contributed by atoms with Gasteiger partial charge < -0.3 is 16.4 Å². The van der Waals surface area contributed by atoms with Gasteiger partial charge in [0.1, 0.15) is 17.1 Å². The lowest BCUT2D eigenvalue weighted by Gasteiger charge is -2.18. The fourth-order valence-electron chi connectivity index (χ4n) is 4.76. The molecule has 4 N–H and O–H groups in total. The van der Waals surface area contributed by atoms with Gasteiger partial charge in [0.25, 0.3) is 11.8 Å². The largest absolute Gasteiger partial charge is 0.416 e. The summed E-state index contributed by atoms with van der Waals surface area (Å²) >= 11 is 0. The van der Waals surface area contributed by atoms with Gasteiger partial charge in [-0.3, -0.25) is 14.3 Å². The number of nitrogens with two attached hydrogens (primary N) is 2. The van der Waals surface area contributed by atoms with Crippen LogP contribution in [-0.2, 0) is 17.5 Å². The molecule has 2 amide bonds. The number of nitrogen functional groups attached to an aromatic ring is 1. The Bertz CT molecular complexity index is 1430. The van der Waals surface area contributed by atoms with Crippen LogP contribution >= 0.6 is 0 Å². The van der Waals surface area contributed by atoms with E-state index in [1.807, 2.05) is 0 Å². The normalized spacial score (nSPS) is 16.0. The average molecular weight is 528 g/mol. The van der Waals surface area contributed by atoms with Crippen molar-refractivity contribution in [3.05, 3.63) is 52.8 Å². The summed E-state index contributed by atoms with van der Waals surface area (Å²) in [4.78, 5) is 26.2. The van der Waals surface area contributed by atoms with Crippen LogP contribution in [0.2, 0.25) is 0 Å². The van der Waals surface area contributed by atoms with Gasteiger partial charge in [0.05, 0.1) is 24.3 Å². The quantitative estimate of drug-likeness (QED) is 0.492. The number of hydrogen-bond acceptors (Lipinski definition) is 5. The standard InChI is InChI=1S/C26H28F3N7O2/c1-3-5-21(37)34-8-4-6-20(7-9-34)36-24(30)22(25(31)38)23(33-36)18-13-32-35(15-18)14-17-10-16(2)11-19(12-17)26(27,28)29/h10-13,15,20H,4,6-9,14,30H2,1-2H3,(H2,31,38)/t20-/m0/s1. The van der Waals surface area contributed by atoms with Gasteiger partial charge in [-0.2, -0.15) is 23.4 Å². The zero-order valence-electron chi connectivity index (χ0n) is 21.0. The molecule has 0 aliphatic carbocycles. The van der Waals surface area contributed by atoms with E-state index in [4.69, 9.17) is 11.5 Å². The highest BCUT2D eigenvalue weighted by atomic mass is 19.4. The molecule has 12 heteroatoms. The first-order chi connectivity index (χ1) is 18.0. The molecule has 0 unspecified atom stereocenters. The minimum atomic E-state index is -4.46. The number of carbonyl (C=O) groups is 2. The van der Waals surface area contributed by atoms with Crippen LogP contribution < -0.4 is 11.5 Å². The van der Waals surface area contributed by atoms with Crippen molar-refractivity contribution in [2.75, 3.05) is 18.8 Å². The van der Waals surface area contributed by atoms with Crippen molar-refractivity contribution in [2.45, 2.75) is 51.9 Å². The van der Waals surface area contributed by atoms with Crippen molar-refractivity contribution in [1.82, 2.24) is 24.5 Å². The van der Waals surface area contributed by atoms with Crippen LogP contribution in [0.3, 0.4) is 0 Å². The second-order valence-electron chi connectivity index (χ2n) is 9.30. The van der Waals surface area contributed by atoms with E-state index in [1.54, 1.807) is 35.7 Å². The smallest absolute Gasteiger partial charge is 0.383 e. The highest BCUT2D eigenvalue weighted by Gasteiger charge is 2.31. The number of aromatic nitrogens is 4. The Morgan fingerprint density at radius 1 is 1.18 bits per heavy atom. The Morgan fingerprint density at radius 2 is 1.95 bits per heavy atom. The Balaban J connectivity index is 1.61. The lowest BCUT2D eigenvalue weighted by Crippen LogP contribution is -2.31. The Kier molecular flexibility index (Phi) is 7.48. The maximum atomic E-state index is 13.2. The average Bonchev–Trinajstić information content (AvgIpc) is 3.34. The summed E-state index contributed by atoms with van der Waals surface area (Å²) < 4.78 is 42.7. The van der Waals surface area contributed by atoms with Crippen LogP contribution in [0.5, 0.6) is 0 Å². The van der Waals surface area contributed by atoms with E-state index in [0.717, 1.165) is 12.1 Å². The zero-order valence-corrected chi connectivity index (χ0v) is 21.0. The minimum absolute atomic E-state index is 0.0495. The van der Waals surface area contributed by atoms with Gasteiger partial charge in [-0.25, -0.2) is 4.68 Å². The van der Waals surface area contributed by atoms with Gasteiger partial charge in [0, 0.05) is 24.8 Å². The number of aryl methyl sites for hydroxylation is 1. The number of benzene rings is 1. The lowest BCUT2D eigenvalue weighted by atomic mass is 10.1. The molecule has 0 spiro atoms. The third-order valence-electron chi connectivity index (χ3n) is 6.47. The molecule has 0 radical (unpaired) electrons. The monoisotopic (exact) mass is 527 g/mol. The molecule has 3 heterocycles. The molecule has 1 fully saturated rings. The molecular formula is C26H28F3N7O2. The first-order valence-corrected chi connectivity index (χ1v) is 12.1. The van der Waals surface area contributed by atoms with Gasteiger partial charge in [0.15, 0.2) is 0 Å². The number of amides is 2. The Hall–Kier alpha value is -4.27. The van der Waals surface area contributed by atoms with E-state index < -0.39 is 17.6 Å². The van der Waals surface area contributed by atoms with Crippen LogP contribution in [0.15, 0.2) is 30.6 Å². The third kappa shape index (κ3) is 5.66. The van der Waals surface area contributed by atoms with Gasteiger partial charge in [-0.05, 0) is 56.7 Å². The fraction of sp³-hybridized carbons (Fsp3) is 0.385. The molecule has 0 saturated carbocycles. The lowest BCUT2D eigenvalue weighted by molar-refractivity contribution is -0.137. The number of primary amides is 1. The number of hydrogen-bond donors (Lipinski definition) is 2. The number of carbonyl (C=O) groups excluding carboxylic acids is 2. The molecule has 1 aliphatic heterocycles. The predicted molar refractivity (Wildman–Crippen MR) is 135 cm³/mol. The SMILES string of the molecule is CC#CC(=O)N1CCC[C@H](n2nc(-c3cnn(Cc4cc(C)cc(C(F)(F)F)c4)c3)c(C(N)=O)c2N)CC1. The fourth-order valence-corrected chi connectivity index (χ4v) is 4.76. The molecule has 4 rings (SSSR count). The first kappa shape index (κ1) is 26.8. The maximum absolute atomic E-state index is 13.2. The van der Waals surface area contributed by atoms with E-state index in [2.05, 4.69) is 22.0 Å². The topological polar surface area (TPSA) is 125 Å². The van der Waals surface area contributed by atoms with Gasteiger partial charge >= 0.3 is 6.18 Å². The molecule has 0 bridgehead atoms. The van der Waals surface area contributed by atoms with E-state index in [-0.39, 0.29) is 35.6 Å². The molecule has 1 atom stereocenters. The molecule has 200 valence electrons. The summed E-state index contributed by atoms with van der Waals surface area (Å²) in [6, 6.07) is 3.66. The van der Waals surface area contributed by atoms with Gasteiger partial charge in [-0.15, -0.1) is 0 Å². The molecule has 1 aliphatic rings. The summed E-state index contributed by atoms with van der Waals surface area (Å²) in [6.07, 6.45) is 0.552. The highest BCUT2D eigenvalue weighted by molar-refractivity contribution is 6.03. The number of anilines is 1. The van der Waals surface area contributed by atoms with Crippen LogP contribution in [0.1, 0.15) is 59.3 Å². The maximum Gasteiger partial charge on any atom is 0.416 e. The molecule has 9 nitrogen and oxygen atoms in total. The van der Waals surface area contributed by atoms with Crippen LogP contribution in [0, 0.1) is 18.8 Å². The number of nitrogens with zero attached hydrogens (tertiary/aromatic N) is 5. The zero-order chi connectivity index (χ0) is 27.6. The summed E-state index contributed by atoms with van der Waals surface area (Å²) in [5.41, 5.74) is 12.9. The number of halogens is 3. The molecule has 3 aromatic rings. The molecule has 1 aromatic carbocycles. The van der Waals surface area contributed by atoms with E-state index >= 15 is 0 Å². The van der Waals surface area contributed by atoms with Crippen molar-refractivity contribution in [3.8, 4) is 23.1 Å². The number of rotatable bonds is 5. The van der Waals surface area contributed by atoms with Crippen LogP contribution in [0.4, 0.5) is 19.0 Å². The summed E-state index contributed by atoms with van der Waals surface area (Å²) in [5.74, 6) is 4.30. The predicted octanol–water partition coefficient (Wildman–Crippen LogP) is 3.38. The van der Waals surface area contributed by atoms with Crippen molar-refractivity contribution >= 4 is 17.6 Å². The molecular weight excluding hydrogens is 499 g/mol. The van der Waals surface area contributed by atoms with E-state index in [1.165, 1.54) is 10.9 Å². The molecule has 1 saturated heterocycles. The summed E-state index contributed by atoms with van der Waals surface area (Å²) in [6.45, 7) is 4.32. The van der Waals surface area contributed by atoms with E-state index in [0.29, 0.717) is 49.0 Å².